The maximum atomic E-state index is 12.2. The Labute approximate surface area is 154 Å². The van der Waals surface area contributed by atoms with Gasteiger partial charge in [-0.15, -0.1) is 0 Å². The summed E-state index contributed by atoms with van der Waals surface area (Å²) in [6.45, 7) is 0. The van der Waals surface area contributed by atoms with Gasteiger partial charge < -0.3 is 15.5 Å². The molecule has 2 rings (SSSR count). The first-order valence-electron chi connectivity index (χ1n) is 7.62. The van der Waals surface area contributed by atoms with Crippen LogP contribution in [-0.2, 0) is 19.6 Å². The summed E-state index contributed by atoms with van der Waals surface area (Å²) in [7, 11) is -4.25. The summed E-state index contributed by atoms with van der Waals surface area (Å²) in [5.41, 5.74) is 0.761. The first-order chi connectivity index (χ1) is 12.7. The summed E-state index contributed by atoms with van der Waals surface area (Å²) >= 11 is 0. The summed E-state index contributed by atoms with van der Waals surface area (Å²) < 4.78 is 26.3. The van der Waals surface area contributed by atoms with E-state index in [1.54, 1.807) is 30.3 Å². The van der Waals surface area contributed by atoms with Crippen LogP contribution in [0.3, 0.4) is 0 Å². The molecule has 2 aromatic rings. The number of amides is 1. The van der Waals surface area contributed by atoms with Gasteiger partial charge in [-0.05, 0) is 36.4 Å². The molecule has 2 aromatic carbocycles. The quantitative estimate of drug-likeness (QED) is 0.526. The molecule has 0 aliphatic heterocycles. The van der Waals surface area contributed by atoms with Crippen LogP contribution in [0.2, 0.25) is 0 Å². The number of hydrogen-bond acceptors (Lipinski definition) is 5. The highest BCUT2D eigenvalue weighted by Crippen LogP contribution is 2.16. The van der Waals surface area contributed by atoms with Crippen LogP contribution in [-0.4, -0.2) is 42.5 Å². The Bertz CT molecular complexity index is 941. The highest BCUT2D eigenvalue weighted by atomic mass is 32.2. The molecule has 0 aliphatic carbocycles. The van der Waals surface area contributed by atoms with E-state index in [4.69, 9.17) is 10.2 Å². The number of carboxylic acids is 2. The minimum Gasteiger partial charge on any atom is -0.481 e. The van der Waals surface area contributed by atoms with Gasteiger partial charge >= 0.3 is 11.9 Å². The fourth-order valence-corrected chi connectivity index (χ4v) is 3.31. The van der Waals surface area contributed by atoms with Gasteiger partial charge in [-0.1, -0.05) is 18.2 Å². The van der Waals surface area contributed by atoms with Crippen molar-refractivity contribution in [2.24, 2.45) is 0 Å². The predicted molar refractivity (Wildman–Crippen MR) is 94.8 cm³/mol. The van der Waals surface area contributed by atoms with Crippen LogP contribution in [0.1, 0.15) is 16.8 Å². The molecule has 0 aromatic heterocycles. The number of carbonyl (C=O) groups excluding carboxylic acids is 1. The molecule has 0 unspecified atom stereocenters. The van der Waals surface area contributed by atoms with Gasteiger partial charge in [-0.3, -0.25) is 14.4 Å². The van der Waals surface area contributed by atoms with E-state index in [0.29, 0.717) is 11.3 Å². The van der Waals surface area contributed by atoms with Crippen LogP contribution in [0, 0.1) is 0 Å². The molecule has 0 radical (unpaired) electrons. The van der Waals surface area contributed by atoms with Crippen molar-refractivity contribution < 1.29 is 33.0 Å². The zero-order chi connectivity index (χ0) is 20.0. The predicted octanol–water partition coefficient (Wildman–Crippen LogP) is 1.15. The molecule has 0 saturated heterocycles. The van der Waals surface area contributed by atoms with Gasteiger partial charge in [0.15, 0.2) is 0 Å². The Morgan fingerprint density at radius 2 is 1.52 bits per heavy atom. The molecular weight excluding hydrogens is 376 g/mol. The van der Waals surface area contributed by atoms with Crippen LogP contribution in [0.4, 0.5) is 5.69 Å². The number of benzene rings is 2. The first kappa shape index (κ1) is 20.1. The lowest BCUT2D eigenvalue weighted by atomic mass is 10.2. The molecule has 27 heavy (non-hydrogen) atoms. The molecular formula is C17H16N2O7S. The van der Waals surface area contributed by atoms with Crippen molar-refractivity contribution in [1.82, 2.24) is 4.72 Å². The van der Waals surface area contributed by atoms with E-state index in [-0.39, 0.29) is 10.8 Å². The highest BCUT2D eigenvalue weighted by Gasteiger charge is 2.27. The third-order valence-corrected chi connectivity index (χ3v) is 4.92. The number of carbonyl (C=O) groups is 3. The summed E-state index contributed by atoms with van der Waals surface area (Å²) in [4.78, 5) is 33.5. The zero-order valence-electron chi connectivity index (χ0n) is 13.8. The van der Waals surface area contributed by atoms with Crippen molar-refractivity contribution in [3.05, 3.63) is 60.2 Å². The number of rotatable bonds is 8. The lowest BCUT2D eigenvalue weighted by Gasteiger charge is -2.13. The van der Waals surface area contributed by atoms with Gasteiger partial charge in [0.05, 0.1) is 11.3 Å². The number of carboxylic acid groups (broad SMARTS) is 2. The maximum absolute atomic E-state index is 12.2. The maximum Gasteiger partial charge on any atom is 0.322 e. The Hall–Kier alpha value is -3.24. The van der Waals surface area contributed by atoms with Crippen molar-refractivity contribution in [1.29, 1.82) is 0 Å². The molecule has 0 fully saturated rings. The van der Waals surface area contributed by atoms with Gasteiger partial charge in [0, 0.05) is 11.3 Å². The van der Waals surface area contributed by atoms with Crippen LogP contribution in [0.25, 0.3) is 0 Å². The molecule has 1 amide bonds. The molecule has 0 saturated carbocycles. The number of hydrogen-bond donors (Lipinski definition) is 4. The monoisotopic (exact) mass is 392 g/mol. The average molecular weight is 392 g/mol. The number of sulfonamides is 1. The van der Waals surface area contributed by atoms with Crippen molar-refractivity contribution in [3.63, 3.8) is 0 Å². The summed E-state index contributed by atoms with van der Waals surface area (Å²) in [5, 5.41) is 20.2. The Kier molecular flexibility index (Phi) is 6.27. The SMILES string of the molecule is O=C(O)C[C@@H](NS(=O)(=O)c1ccc(NC(=O)c2ccccc2)cc1)C(=O)O. The van der Waals surface area contributed by atoms with E-state index in [0.717, 1.165) is 0 Å². The van der Waals surface area contributed by atoms with E-state index < -0.39 is 34.4 Å². The van der Waals surface area contributed by atoms with Crippen molar-refractivity contribution >= 4 is 33.6 Å². The van der Waals surface area contributed by atoms with Gasteiger partial charge in [0.2, 0.25) is 10.0 Å². The second-order valence-corrected chi connectivity index (χ2v) is 7.17. The molecule has 0 heterocycles. The van der Waals surface area contributed by atoms with Crippen LogP contribution < -0.4 is 10.0 Å². The summed E-state index contributed by atoms with van der Waals surface area (Å²) in [5.74, 6) is -3.44. The fraction of sp³-hybridized carbons (Fsp3) is 0.118. The highest BCUT2D eigenvalue weighted by molar-refractivity contribution is 7.89. The minimum atomic E-state index is -4.25. The fourth-order valence-electron chi connectivity index (χ4n) is 2.12. The van der Waals surface area contributed by atoms with Gasteiger partial charge in [-0.2, -0.15) is 4.72 Å². The largest absolute Gasteiger partial charge is 0.481 e. The van der Waals surface area contributed by atoms with Crippen LogP contribution in [0.5, 0.6) is 0 Å². The molecule has 1 atom stereocenters. The molecule has 9 nitrogen and oxygen atoms in total. The van der Waals surface area contributed by atoms with Crippen molar-refractivity contribution in [2.75, 3.05) is 5.32 Å². The van der Waals surface area contributed by atoms with E-state index in [1.807, 2.05) is 4.72 Å². The molecule has 4 N–H and O–H groups in total. The minimum absolute atomic E-state index is 0.267. The molecule has 0 spiro atoms. The Balaban J connectivity index is 2.12. The van der Waals surface area contributed by atoms with Crippen molar-refractivity contribution in [3.8, 4) is 0 Å². The second kappa shape index (κ2) is 8.43. The lowest BCUT2D eigenvalue weighted by molar-refractivity contribution is -0.145. The van der Waals surface area contributed by atoms with Gasteiger partial charge in [0.25, 0.3) is 5.91 Å². The third-order valence-electron chi connectivity index (χ3n) is 3.43. The van der Waals surface area contributed by atoms with E-state index in [1.165, 1.54) is 24.3 Å². The second-order valence-electron chi connectivity index (χ2n) is 5.45. The Morgan fingerprint density at radius 3 is 2.04 bits per heavy atom. The smallest absolute Gasteiger partial charge is 0.322 e. The third kappa shape index (κ3) is 5.62. The molecule has 10 heteroatoms. The average Bonchev–Trinajstić information content (AvgIpc) is 2.61. The lowest BCUT2D eigenvalue weighted by Crippen LogP contribution is -2.42. The van der Waals surface area contributed by atoms with Gasteiger partial charge in [0.1, 0.15) is 6.04 Å². The first-order valence-corrected chi connectivity index (χ1v) is 9.11. The van der Waals surface area contributed by atoms with E-state index in [2.05, 4.69) is 5.32 Å². The van der Waals surface area contributed by atoms with Crippen molar-refractivity contribution in [2.45, 2.75) is 17.4 Å². The normalized spacial score (nSPS) is 12.1. The van der Waals surface area contributed by atoms with Crippen LogP contribution >= 0.6 is 0 Å². The molecule has 0 bridgehead atoms. The van der Waals surface area contributed by atoms with E-state index in [9.17, 15) is 22.8 Å². The standard InChI is InChI=1S/C17H16N2O7S/c20-15(21)10-14(17(23)24)19-27(25,26)13-8-6-12(7-9-13)18-16(22)11-4-2-1-3-5-11/h1-9,14,19H,10H2,(H,18,22)(H,20,21)(H,23,24)/t14-/m1/s1. The zero-order valence-corrected chi connectivity index (χ0v) is 14.6. The van der Waals surface area contributed by atoms with Crippen LogP contribution in [0.15, 0.2) is 59.5 Å². The number of nitrogens with one attached hydrogen (secondary N) is 2. The molecule has 142 valence electrons. The Morgan fingerprint density at radius 1 is 0.926 bits per heavy atom. The van der Waals surface area contributed by atoms with Gasteiger partial charge in [-0.25, -0.2) is 8.42 Å². The number of anilines is 1. The summed E-state index contributed by atoms with van der Waals surface area (Å²) in [6, 6.07) is 11.6. The topological polar surface area (TPSA) is 150 Å². The number of aliphatic carboxylic acids is 2. The summed E-state index contributed by atoms with van der Waals surface area (Å²) in [6.07, 6.45) is -0.903. The van der Waals surface area contributed by atoms with E-state index >= 15 is 0 Å². The molecule has 0 aliphatic rings.